The molecule has 1 aromatic carbocycles. The summed E-state index contributed by atoms with van der Waals surface area (Å²) in [5.74, 6) is 1.54. The molecule has 1 atom stereocenters. The number of nitrogens with one attached hydrogen (secondary N) is 3. The van der Waals surface area contributed by atoms with E-state index in [-0.39, 0.29) is 24.0 Å². The maximum Gasteiger partial charge on any atom is 0.191 e. The average molecular weight is 548 g/mol. The van der Waals surface area contributed by atoms with Gasteiger partial charge in [0, 0.05) is 51.6 Å². The van der Waals surface area contributed by atoms with E-state index < -0.39 is 0 Å². The van der Waals surface area contributed by atoms with Crippen molar-refractivity contribution in [2.45, 2.75) is 39.8 Å². The van der Waals surface area contributed by atoms with Crippen LogP contribution in [0, 0.1) is 5.92 Å². The maximum atomic E-state index is 5.53. The Labute approximate surface area is 205 Å². The Bertz CT molecular complexity index is 606. The normalized spacial score (nSPS) is 16.0. The van der Waals surface area contributed by atoms with Crippen molar-refractivity contribution in [3.05, 3.63) is 29.8 Å². The molecule has 1 heterocycles. The Morgan fingerprint density at radius 1 is 1.16 bits per heavy atom. The van der Waals surface area contributed by atoms with Crippen LogP contribution in [0.1, 0.15) is 32.8 Å². The molecule has 0 bridgehead atoms. The van der Waals surface area contributed by atoms with Gasteiger partial charge in [0.2, 0.25) is 0 Å². The quantitative estimate of drug-likeness (QED) is 0.162. The van der Waals surface area contributed by atoms with Crippen molar-refractivity contribution < 1.29 is 9.47 Å². The number of nitrogens with zero attached hydrogens (tertiary/aromatic N) is 2. The number of methoxy groups -OCH3 is 1. The van der Waals surface area contributed by atoms with Crippen molar-refractivity contribution in [3.63, 3.8) is 0 Å². The summed E-state index contributed by atoms with van der Waals surface area (Å²) in [7, 11) is 1.71. The van der Waals surface area contributed by atoms with Gasteiger partial charge in [0.05, 0.1) is 26.4 Å². The Hall–Kier alpha value is -1.10. The SMILES string of the molecule is CCNC(=NCc1ccc(NCCOC)cc1)NCC(CC(C)C)N1CCOCC1.I. The van der Waals surface area contributed by atoms with Crippen molar-refractivity contribution in [1.29, 1.82) is 0 Å². The highest BCUT2D eigenvalue weighted by Gasteiger charge is 2.22. The van der Waals surface area contributed by atoms with Crippen molar-refractivity contribution in [2.75, 3.05) is 65.0 Å². The highest BCUT2D eigenvalue weighted by atomic mass is 127. The Kier molecular flexibility index (Phi) is 14.9. The molecule has 31 heavy (non-hydrogen) atoms. The number of aliphatic imine (C=N–C) groups is 1. The summed E-state index contributed by atoms with van der Waals surface area (Å²) in [4.78, 5) is 7.35. The lowest BCUT2D eigenvalue weighted by molar-refractivity contribution is 0.0132. The van der Waals surface area contributed by atoms with Crippen LogP contribution in [0.2, 0.25) is 0 Å². The highest BCUT2D eigenvalue weighted by molar-refractivity contribution is 14.0. The van der Waals surface area contributed by atoms with Gasteiger partial charge in [0.1, 0.15) is 0 Å². The second-order valence-electron chi connectivity index (χ2n) is 8.12. The predicted octanol–water partition coefficient (Wildman–Crippen LogP) is 3.16. The third-order valence-electron chi connectivity index (χ3n) is 5.16. The Morgan fingerprint density at radius 2 is 1.87 bits per heavy atom. The molecule has 0 spiro atoms. The zero-order chi connectivity index (χ0) is 21.6. The number of ether oxygens (including phenoxy) is 2. The molecule has 3 N–H and O–H groups in total. The molecule has 0 amide bonds. The number of guanidine groups is 1. The van der Waals surface area contributed by atoms with Crippen LogP contribution in [-0.4, -0.2) is 76.6 Å². The average Bonchev–Trinajstić information content (AvgIpc) is 2.76. The van der Waals surface area contributed by atoms with Crippen LogP contribution >= 0.6 is 24.0 Å². The fraction of sp³-hybridized carbons (Fsp3) is 0.696. The molecule has 0 aliphatic carbocycles. The first-order valence-electron chi connectivity index (χ1n) is 11.3. The summed E-state index contributed by atoms with van der Waals surface area (Å²) in [6, 6.07) is 8.93. The molecule has 178 valence electrons. The second kappa shape index (κ2) is 16.5. The summed E-state index contributed by atoms with van der Waals surface area (Å²) >= 11 is 0. The second-order valence-corrected chi connectivity index (χ2v) is 8.12. The predicted molar refractivity (Wildman–Crippen MR) is 141 cm³/mol. The summed E-state index contributed by atoms with van der Waals surface area (Å²) < 4.78 is 10.6. The van der Waals surface area contributed by atoms with Gasteiger partial charge in [-0.2, -0.15) is 0 Å². The number of morpholine rings is 1. The molecule has 1 saturated heterocycles. The van der Waals surface area contributed by atoms with Crippen LogP contribution in [0.5, 0.6) is 0 Å². The minimum Gasteiger partial charge on any atom is -0.383 e. The van der Waals surface area contributed by atoms with Crippen molar-refractivity contribution in [2.24, 2.45) is 10.9 Å². The van der Waals surface area contributed by atoms with Crippen LogP contribution in [0.3, 0.4) is 0 Å². The molecular formula is C23H42IN5O2. The van der Waals surface area contributed by atoms with Gasteiger partial charge in [0.25, 0.3) is 0 Å². The number of anilines is 1. The largest absolute Gasteiger partial charge is 0.383 e. The Balaban J connectivity index is 0.00000480. The number of halogens is 1. The molecule has 1 unspecified atom stereocenters. The van der Waals surface area contributed by atoms with Gasteiger partial charge in [-0.15, -0.1) is 24.0 Å². The summed E-state index contributed by atoms with van der Waals surface area (Å²) in [6.07, 6.45) is 1.17. The topological polar surface area (TPSA) is 70.2 Å². The zero-order valence-corrected chi connectivity index (χ0v) is 22.0. The van der Waals surface area contributed by atoms with Crippen LogP contribution in [0.4, 0.5) is 5.69 Å². The standard InChI is InChI=1S/C23H41N5O2.HI/c1-5-24-23(26-17-20-6-8-21(9-7-20)25-10-13-29-4)27-18-22(16-19(2)3)28-11-14-30-15-12-28;/h6-9,19,22,25H,5,10-18H2,1-4H3,(H2,24,26,27);1H. The van der Waals surface area contributed by atoms with E-state index in [9.17, 15) is 0 Å². The van der Waals surface area contributed by atoms with Crippen LogP contribution in [0.15, 0.2) is 29.3 Å². The first-order valence-corrected chi connectivity index (χ1v) is 11.3. The molecule has 0 radical (unpaired) electrons. The monoisotopic (exact) mass is 547 g/mol. The first kappa shape index (κ1) is 27.9. The lowest BCUT2D eigenvalue weighted by atomic mass is 10.0. The molecule has 1 aliphatic rings. The summed E-state index contributed by atoms with van der Waals surface area (Å²) in [6.45, 7) is 14.3. The van der Waals surface area contributed by atoms with E-state index in [2.05, 4.69) is 65.9 Å². The first-order chi connectivity index (χ1) is 14.6. The molecule has 8 heteroatoms. The van der Waals surface area contributed by atoms with Gasteiger partial charge in [0.15, 0.2) is 5.96 Å². The Morgan fingerprint density at radius 3 is 2.48 bits per heavy atom. The van der Waals surface area contributed by atoms with Crippen LogP contribution in [-0.2, 0) is 16.0 Å². The molecule has 0 aromatic heterocycles. The zero-order valence-electron chi connectivity index (χ0n) is 19.7. The van der Waals surface area contributed by atoms with Gasteiger partial charge in [-0.05, 0) is 37.0 Å². The molecule has 2 rings (SSSR count). The minimum absolute atomic E-state index is 0. The number of hydrogen-bond acceptors (Lipinski definition) is 5. The van der Waals surface area contributed by atoms with Crippen molar-refractivity contribution >= 4 is 35.6 Å². The van der Waals surface area contributed by atoms with Crippen LogP contribution < -0.4 is 16.0 Å². The molecule has 1 aliphatic heterocycles. The third-order valence-corrected chi connectivity index (χ3v) is 5.16. The molecule has 0 saturated carbocycles. The fourth-order valence-electron chi connectivity index (χ4n) is 3.60. The van der Waals surface area contributed by atoms with Gasteiger partial charge in [-0.3, -0.25) is 4.90 Å². The molecule has 1 fully saturated rings. The molecule has 7 nitrogen and oxygen atoms in total. The summed E-state index contributed by atoms with van der Waals surface area (Å²) in [5, 5.41) is 10.3. The van der Waals surface area contributed by atoms with E-state index in [1.54, 1.807) is 7.11 Å². The third kappa shape index (κ3) is 11.4. The van der Waals surface area contributed by atoms with E-state index in [1.807, 2.05) is 0 Å². The van der Waals surface area contributed by atoms with E-state index in [0.29, 0.717) is 25.1 Å². The maximum absolute atomic E-state index is 5.53. The van der Waals surface area contributed by atoms with E-state index in [1.165, 1.54) is 12.0 Å². The van der Waals surface area contributed by atoms with Gasteiger partial charge >= 0.3 is 0 Å². The van der Waals surface area contributed by atoms with Gasteiger partial charge in [-0.25, -0.2) is 4.99 Å². The number of rotatable bonds is 12. The van der Waals surface area contributed by atoms with E-state index >= 15 is 0 Å². The van der Waals surface area contributed by atoms with Crippen molar-refractivity contribution in [1.82, 2.24) is 15.5 Å². The summed E-state index contributed by atoms with van der Waals surface area (Å²) in [5.41, 5.74) is 2.29. The number of hydrogen-bond donors (Lipinski definition) is 3. The lowest BCUT2D eigenvalue weighted by Gasteiger charge is -2.35. The number of benzene rings is 1. The lowest BCUT2D eigenvalue weighted by Crippen LogP contribution is -2.51. The van der Waals surface area contributed by atoms with E-state index in [0.717, 1.165) is 57.6 Å². The minimum atomic E-state index is 0. The fourth-order valence-corrected chi connectivity index (χ4v) is 3.60. The van der Waals surface area contributed by atoms with Gasteiger partial charge < -0.3 is 25.4 Å². The van der Waals surface area contributed by atoms with Crippen LogP contribution in [0.25, 0.3) is 0 Å². The van der Waals surface area contributed by atoms with Gasteiger partial charge in [-0.1, -0.05) is 26.0 Å². The van der Waals surface area contributed by atoms with E-state index in [4.69, 9.17) is 14.5 Å². The highest BCUT2D eigenvalue weighted by Crippen LogP contribution is 2.13. The van der Waals surface area contributed by atoms with Crippen molar-refractivity contribution in [3.8, 4) is 0 Å². The molecule has 1 aromatic rings. The smallest absolute Gasteiger partial charge is 0.191 e. The molecular weight excluding hydrogens is 505 g/mol.